The molecule has 0 radical (unpaired) electrons. The first-order valence-corrected chi connectivity index (χ1v) is 7.98. The van der Waals surface area contributed by atoms with Crippen LogP contribution in [0.3, 0.4) is 0 Å². The number of aromatic nitrogens is 2. The van der Waals surface area contributed by atoms with Gasteiger partial charge in [-0.3, -0.25) is 4.79 Å². The van der Waals surface area contributed by atoms with Gasteiger partial charge in [0, 0.05) is 12.6 Å². The van der Waals surface area contributed by atoms with Crippen molar-refractivity contribution < 1.29 is 9.53 Å². The summed E-state index contributed by atoms with van der Waals surface area (Å²) in [5.41, 5.74) is 3.42. The molecule has 0 saturated carbocycles. The molecule has 0 amide bonds. The number of aryl methyl sites for hydroxylation is 1. The van der Waals surface area contributed by atoms with Gasteiger partial charge in [-0.2, -0.15) is 10.4 Å². The Morgan fingerprint density at radius 3 is 2.56 bits per heavy atom. The summed E-state index contributed by atoms with van der Waals surface area (Å²) in [5.74, 6) is -0.253. The number of nitrogens with zero attached hydrogens (tertiary/aromatic N) is 3. The Morgan fingerprint density at radius 2 is 1.84 bits per heavy atom. The molecule has 0 atom stereocenters. The van der Waals surface area contributed by atoms with Crippen LogP contribution in [0.25, 0.3) is 5.69 Å². The SMILES string of the molecule is N#Cc1ccc(COC(=O)CCc2cnn(-c3ccccc3)c2)cc1. The molecular weight excluding hydrogens is 314 g/mol. The van der Waals surface area contributed by atoms with Gasteiger partial charge in [-0.15, -0.1) is 0 Å². The molecule has 5 nitrogen and oxygen atoms in total. The summed E-state index contributed by atoms with van der Waals surface area (Å²) in [6, 6.07) is 18.9. The molecule has 124 valence electrons. The minimum absolute atomic E-state index is 0.216. The number of hydrogen-bond acceptors (Lipinski definition) is 4. The van der Waals surface area contributed by atoms with E-state index < -0.39 is 0 Å². The maximum absolute atomic E-state index is 11.9. The van der Waals surface area contributed by atoms with Crippen molar-refractivity contribution in [2.75, 3.05) is 0 Å². The van der Waals surface area contributed by atoms with E-state index in [1.165, 1.54) is 0 Å². The lowest BCUT2D eigenvalue weighted by atomic mass is 10.1. The number of hydrogen-bond donors (Lipinski definition) is 0. The third kappa shape index (κ3) is 4.55. The largest absolute Gasteiger partial charge is 0.461 e. The van der Waals surface area contributed by atoms with Crippen LogP contribution in [0.4, 0.5) is 0 Å². The second kappa shape index (κ2) is 7.93. The van der Waals surface area contributed by atoms with Crippen LogP contribution < -0.4 is 0 Å². The van der Waals surface area contributed by atoms with E-state index in [9.17, 15) is 4.79 Å². The third-order valence-corrected chi connectivity index (χ3v) is 3.76. The van der Waals surface area contributed by atoms with E-state index in [0.29, 0.717) is 18.4 Å². The first-order chi connectivity index (χ1) is 12.2. The number of benzene rings is 2. The average Bonchev–Trinajstić information content (AvgIpc) is 3.15. The minimum atomic E-state index is -0.253. The molecule has 0 unspecified atom stereocenters. The molecule has 25 heavy (non-hydrogen) atoms. The number of ether oxygens (including phenoxy) is 1. The second-order valence-corrected chi connectivity index (χ2v) is 5.60. The highest BCUT2D eigenvalue weighted by atomic mass is 16.5. The summed E-state index contributed by atoms with van der Waals surface area (Å²) in [5, 5.41) is 13.1. The third-order valence-electron chi connectivity index (χ3n) is 3.76. The van der Waals surface area contributed by atoms with Crippen LogP contribution in [0.15, 0.2) is 67.0 Å². The zero-order valence-electron chi connectivity index (χ0n) is 13.6. The van der Waals surface area contributed by atoms with Crippen molar-refractivity contribution in [2.24, 2.45) is 0 Å². The standard InChI is InChI=1S/C20H17N3O2/c21-12-16-6-8-17(9-7-16)15-25-20(24)11-10-18-13-22-23(14-18)19-4-2-1-3-5-19/h1-9,13-14H,10-11,15H2. The molecule has 0 bridgehead atoms. The van der Waals surface area contributed by atoms with Gasteiger partial charge in [-0.05, 0) is 41.8 Å². The van der Waals surface area contributed by atoms with E-state index in [1.54, 1.807) is 35.1 Å². The van der Waals surface area contributed by atoms with E-state index in [0.717, 1.165) is 16.8 Å². The van der Waals surface area contributed by atoms with E-state index in [-0.39, 0.29) is 12.6 Å². The normalized spacial score (nSPS) is 10.2. The Balaban J connectivity index is 1.47. The van der Waals surface area contributed by atoms with Crippen LogP contribution >= 0.6 is 0 Å². The van der Waals surface area contributed by atoms with Crippen molar-refractivity contribution >= 4 is 5.97 Å². The molecule has 3 rings (SSSR count). The molecule has 0 N–H and O–H groups in total. The summed E-state index contributed by atoms with van der Waals surface area (Å²) < 4.78 is 7.05. The number of rotatable bonds is 6. The molecule has 2 aromatic carbocycles. The van der Waals surface area contributed by atoms with Gasteiger partial charge in [-0.1, -0.05) is 30.3 Å². The van der Waals surface area contributed by atoms with Crippen LogP contribution in [-0.4, -0.2) is 15.7 Å². The smallest absolute Gasteiger partial charge is 0.306 e. The number of carbonyl (C=O) groups is 1. The Morgan fingerprint density at radius 1 is 1.08 bits per heavy atom. The molecule has 0 aliphatic rings. The summed E-state index contributed by atoms with van der Waals surface area (Å²) in [6.07, 6.45) is 4.57. The Bertz CT molecular complexity index is 877. The molecule has 3 aromatic rings. The van der Waals surface area contributed by atoms with Gasteiger partial charge in [0.25, 0.3) is 0 Å². The monoisotopic (exact) mass is 331 g/mol. The van der Waals surface area contributed by atoms with E-state index in [4.69, 9.17) is 10.00 Å². The first-order valence-electron chi connectivity index (χ1n) is 7.98. The number of carbonyl (C=O) groups excluding carboxylic acids is 1. The number of para-hydroxylation sites is 1. The summed E-state index contributed by atoms with van der Waals surface area (Å²) in [4.78, 5) is 11.9. The Labute approximate surface area is 146 Å². The van der Waals surface area contributed by atoms with E-state index >= 15 is 0 Å². The predicted molar refractivity (Wildman–Crippen MR) is 92.8 cm³/mol. The van der Waals surface area contributed by atoms with Gasteiger partial charge in [0.15, 0.2) is 0 Å². The van der Waals surface area contributed by atoms with Crippen molar-refractivity contribution in [2.45, 2.75) is 19.4 Å². The summed E-state index contributed by atoms with van der Waals surface area (Å²) >= 11 is 0. The van der Waals surface area contributed by atoms with Crippen LogP contribution in [-0.2, 0) is 22.6 Å². The highest BCUT2D eigenvalue weighted by molar-refractivity contribution is 5.69. The van der Waals surface area contributed by atoms with Crippen LogP contribution in [0.5, 0.6) is 0 Å². The van der Waals surface area contributed by atoms with Crippen LogP contribution in [0.1, 0.15) is 23.1 Å². The van der Waals surface area contributed by atoms with Gasteiger partial charge in [0.1, 0.15) is 6.61 Å². The molecule has 1 aromatic heterocycles. The average molecular weight is 331 g/mol. The molecule has 0 aliphatic heterocycles. The lowest BCUT2D eigenvalue weighted by Gasteiger charge is -2.04. The van der Waals surface area contributed by atoms with Crippen molar-refractivity contribution in [3.8, 4) is 11.8 Å². The van der Waals surface area contributed by atoms with Crippen LogP contribution in [0, 0.1) is 11.3 Å². The zero-order chi connectivity index (χ0) is 17.5. The molecule has 0 fully saturated rings. The maximum atomic E-state index is 11.9. The molecule has 0 spiro atoms. The van der Waals surface area contributed by atoms with E-state index in [2.05, 4.69) is 11.2 Å². The van der Waals surface area contributed by atoms with Crippen molar-refractivity contribution in [1.82, 2.24) is 9.78 Å². The lowest BCUT2D eigenvalue weighted by molar-refractivity contribution is -0.144. The number of esters is 1. The number of nitriles is 1. The highest BCUT2D eigenvalue weighted by Gasteiger charge is 2.07. The molecule has 0 aliphatic carbocycles. The van der Waals surface area contributed by atoms with Crippen molar-refractivity contribution in [1.29, 1.82) is 5.26 Å². The highest BCUT2D eigenvalue weighted by Crippen LogP contribution is 2.10. The van der Waals surface area contributed by atoms with Crippen molar-refractivity contribution in [3.05, 3.63) is 83.7 Å². The summed E-state index contributed by atoms with van der Waals surface area (Å²) in [7, 11) is 0. The van der Waals surface area contributed by atoms with Gasteiger partial charge in [0.2, 0.25) is 0 Å². The maximum Gasteiger partial charge on any atom is 0.306 e. The van der Waals surface area contributed by atoms with Gasteiger partial charge < -0.3 is 4.74 Å². The lowest BCUT2D eigenvalue weighted by Crippen LogP contribution is -2.05. The van der Waals surface area contributed by atoms with Gasteiger partial charge in [-0.25, -0.2) is 4.68 Å². The van der Waals surface area contributed by atoms with E-state index in [1.807, 2.05) is 36.5 Å². The molecule has 0 saturated heterocycles. The Kier molecular flexibility index (Phi) is 5.22. The molecule has 5 heteroatoms. The Hall–Kier alpha value is -3.39. The quantitative estimate of drug-likeness (QED) is 0.649. The minimum Gasteiger partial charge on any atom is -0.461 e. The topological polar surface area (TPSA) is 67.9 Å². The predicted octanol–water partition coefficient (Wildman–Crippen LogP) is 3.42. The zero-order valence-corrected chi connectivity index (χ0v) is 13.6. The summed E-state index contributed by atoms with van der Waals surface area (Å²) in [6.45, 7) is 0.216. The fraction of sp³-hybridized carbons (Fsp3) is 0.150. The fourth-order valence-corrected chi connectivity index (χ4v) is 2.37. The second-order valence-electron chi connectivity index (χ2n) is 5.60. The fourth-order valence-electron chi connectivity index (χ4n) is 2.37. The molecular formula is C20H17N3O2. The molecule has 1 heterocycles. The van der Waals surface area contributed by atoms with Gasteiger partial charge in [0.05, 0.1) is 23.5 Å². The van der Waals surface area contributed by atoms with Crippen molar-refractivity contribution in [3.63, 3.8) is 0 Å². The first kappa shape index (κ1) is 16.5. The van der Waals surface area contributed by atoms with Crippen LogP contribution in [0.2, 0.25) is 0 Å². The van der Waals surface area contributed by atoms with Gasteiger partial charge >= 0.3 is 5.97 Å².